The van der Waals surface area contributed by atoms with Crippen LogP contribution in [0.2, 0.25) is 0 Å². The first-order valence-electron chi connectivity index (χ1n) is 7.10. The van der Waals surface area contributed by atoms with Crippen molar-refractivity contribution in [2.24, 2.45) is 0 Å². The monoisotopic (exact) mass is 286 g/mol. The fourth-order valence-electron chi connectivity index (χ4n) is 2.18. The van der Waals surface area contributed by atoms with E-state index in [0.717, 1.165) is 25.9 Å². The number of hydrogen-bond acceptors (Lipinski definition) is 5. The zero-order chi connectivity index (χ0) is 15.2. The van der Waals surface area contributed by atoms with Crippen LogP contribution in [0.5, 0.6) is 0 Å². The predicted octanol–water partition coefficient (Wildman–Crippen LogP) is 1.54. The second kappa shape index (κ2) is 7.47. The lowest BCUT2D eigenvalue weighted by molar-refractivity contribution is -0.141. The standard InChI is InChI=1S/C14H26N2O4/c1-14(2,3)20-13(18)16(10-7-12(17)19-4)11-5-8-15-9-6-11/h11,15H,5-10H2,1-4H3. The van der Waals surface area contributed by atoms with E-state index in [-0.39, 0.29) is 24.5 Å². The highest BCUT2D eigenvalue weighted by atomic mass is 16.6. The second-order valence-corrected chi connectivity index (χ2v) is 5.98. The lowest BCUT2D eigenvalue weighted by atomic mass is 10.0. The van der Waals surface area contributed by atoms with E-state index in [1.165, 1.54) is 7.11 Å². The van der Waals surface area contributed by atoms with Gasteiger partial charge in [0, 0.05) is 12.6 Å². The average molecular weight is 286 g/mol. The Morgan fingerprint density at radius 2 is 1.85 bits per heavy atom. The SMILES string of the molecule is COC(=O)CCN(C(=O)OC(C)(C)C)C1CCNCC1. The van der Waals surface area contributed by atoms with Gasteiger partial charge in [-0.3, -0.25) is 4.79 Å². The van der Waals surface area contributed by atoms with Crippen molar-refractivity contribution in [1.29, 1.82) is 0 Å². The first-order valence-corrected chi connectivity index (χ1v) is 7.10. The van der Waals surface area contributed by atoms with Gasteiger partial charge in [-0.2, -0.15) is 0 Å². The largest absolute Gasteiger partial charge is 0.469 e. The number of ether oxygens (including phenoxy) is 2. The highest BCUT2D eigenvalue weighted by Gasteiger charge is 2.29. The van der Waals surface area contributed by atoms with Gasteiger partial charge in [-0.15, -0.1) is 0 Å². The van der Waals surface area contributed by atoms with Gasteiger partial charge in [0.1, 0.15) is 5.60 Å². The van der Waals surface area contributed by atoms with Crippen LogP contribution in [-0.4, -0.2) is 55.3 Å². The maximum absolute atomic E-state index is 12.3. The Morgan fingerprint density at radius 3 is 2.35 bits per heavy atom. The molecule has 0 atom stereocenters. The van der Waals surface area contributed by atoms with Gasteiger partial charge in [0.15, 0.2) is 0 Å². The molecule has 1 heterocycles. The summed E-state index contributed by atoms with van der Waals surface area (Å²) in [7, 11) is 1.35. The van der Waals surface area contributed by atoms with E-state index >= 15 is 0 Å². The average Bonchev–Trinajstić information content (AvgIpc) is 2.37. The van der Waals surface area contributed by atoms with Gasteiger partial charge in [-0.05, 0) is 46.7 Å². The van der Waals surface area contributed by atoms with Gasteiger partial charge in [-0.25, -0.2) is 4.79 Å². The van der Waals surface area contributed by atoms with Crippen molar-refractivity contribution in [2.45, 2.75) is 51.7 Å². The third-order valence-electron chi connectivity index (χ3n) is 3.16. The molecule has 0 aromatic rings. The van der Waals surface area contributed by atoms with Crippen LogP contribution in [0.4, 0.5) is 4.79 Å². The van der Waals surface area contributed by atoms with E-state index in [4.69, 9.17) is 4.74 Å². The van der Waals surface area contributed by atoms with E-state index in [9.17, 15) is 9.59 Å². The highest BCUT2D eigenvalue weighted by molar-refractivity contribution is 5.72. The minimum Gasteiger partial charge on any atom is -0.469 e. The van der Waals surface area contributed by atoms with Gasteiger partial charge in [0.25, 0.3) is 0 Å². The molecule has 6 heteroatoms. The zero-order valence-electron chi connectivity index (χ0n) is 12.9. The predicted molar refractivity (Wildman–Crippen MR) is 75.5 cm³/mol. The number of piperidine rings is 1. The number of rotatable bonds is 4. The van der Waals surface area contributed by atoms with Crippen molar-refractivity contribution in [2.75, 3.05) is 26.7 Å². The van der Waals surface area contributed by atoms with Crippen molar-refractivity contribution >= 4 is 12.1 Å². The number of esters is 1. The minimum absolute atomic E-state index is 0.121. The zero-order valence-corrected chi connectivity index (χ0v) is 12.9. The van der Waals surface area contributed by atoms with Crippen molar-refractivity contribution in [3.05, 3.63) is 0 Å². The molecule has 1 rings (SSSR count). The van der Waals surface area contributed by atoms with E-state index in [1.807, 2.05) is 20.8 Å². The molecule has 0 saturated carbocycles. The minimum atomic E-state index is -0.534. The summed E-state index contributed by atoms with van der Waals surface area (Å²) < 4.78 is 10.1. The molecular weight excluding hydrogens is 260 g/mol. The molecule has 1 aliphatic heterocycles. The summed E-state index contributed by atoms with van der Waals surface area (Å²) in [5.41, 5.74) is -0.534. The molecule has 116 valence electrons. The topological polar surface area (TPSA) is 67.9 Å². The van der Waals surface area contributed by atoms with Gasteiger partial charge >= 0.3 is 12.1 Å². The van der Waals surface area contributed by atoms with Crippen molar-refractivity contribution < 1.29 is 19.1 Å². The lowest BCUT2D eigenvalue weighted by Gasteiger charge is -2.35. The fourth-order valence-corrected chi connectivity index (χ4v) is 2.18. The maximum Gasteiger partial charge on any atom is 0.410 e. The van der Waals surface area contributed by atoms with Gasteiger partial charge < -0.3 is 19.7 Å². The Balaban J connectivity index is 2.66. The first kappa shape index (κ1) is 16.8. The smallest absolute Gasteiger partial charge is 0.410 e. The molecule has 0 bridgehead atoms. The molecule has 1 fully saturated rings. The molecule has 1 amide bonds. The molecule has 0 spiro atoms. The van der Waals surface area contributed by atoms with Crippen molar-refractivity contribution in [3.8, 4) is 0 Å². The molecule has 0 unspecified atom stereocenters. The molecule has 0 radical (unpaired) electrons. The van der Waals surface area contributed by atoms with Gasteiger partial charge in [0.05, 0.1) is 13.5 Å². The molecule has 0 aromatic heterocycles. The van der Waals surface area contributed by atoms with E-state index in [0.29, 0.717) is 6.54 Å². The van der Waals surface area contributed by atoms with Crippen LogP contribution in [-0.2, 0) is 14.3 Å². The summed E-state index contributed by atoms with van der Waals surface area (Å²) in [5, 5.41) is 3.26. The van der Waals surface area contributed by atoms with Crippen molar-refractivity contribution in [1.82, 2.24) is 10.2 Å². The Morgan fingerprint density at radius 1 is 1.25 bits per heavy atom. The molecule has 1 N–H and O–H groups in total. The van der Waals surface area contributed by atoms with Crippen LogP contribution in [0.3, 0.4) is 0 Å². The summed E-state index contributed by atoms with van der Waals surface area (Å²) in [6.45, 7) is 7.61. The number of nitrogens with one attached hydrogen (secondary N) is 1. The maximum atomic E-state index is 12.3. The molecule has 0 aromatic carbocycles. The van der Waals surface area contributed by atoms with Gasteiger partial charge in [-0.1, -0.05) is 0 Å². The Kier molecular flexibility index (Phi) is 6.26. The van der Waals surface area contributed by atoms with Crippen LogP contribution in [0.15, 0.2) is 0 Å². The second-order valence-electron chi connectivity index (χ2n) is 5.98. The Hall–Kier alpha value is -1.30. The van der Waals surface area contributed by atoms with Gasteiger partial charge in [0.2, 0.25) is 0 Å². The number of carbonyl (C=O) groups is 2. The summed E-state index contributed by atoms with van der Waals surface area (Å²) in [4.78, 5) is 25.3. The summed E-state index contributed by atoms with van der Waals surface area (Å²) in [6.07, 6.45) is 1.59. The van der Waals surface area contributed by atoms with E-state index in [1.54, 1.807) is 4.90 Å². The van der Waals surface area contributed by atoms with Crippen LogP contribution in [0.1, 0.15) is 40.0 Å². The number of methoxy groups -OCH3 is 1. The third kappa shape index (κ3) is 5.77. The van der Waals surface area contributed by atoms with E-state index in [2.05, 4.69) is 10.1 Å². The fraction of sp³-hybridized carbons (Fsp3) is 0.857. The molecule has 0 aliphatic carbocycles. The normalized spacial score (nSPS) is 16.6. The quantitative estimate of drug-likeness (QED) is 0.794. The van der Waals surface area contributed by atoms with Crippen LogP contribution >= 0.6 is 0 Å². The molecular formula is C14H26N2O4. The van der Waals surface area contributed by atoms with Crippen molar-refractivity contribution in [3.63, 3.8) is 0 Å². The molecule has 1 saturated heterocycles. The summed E-state index contributed by atoms with van der Waals surface area (Å²) >= 11 is 0. The molecule has 20 heavy (non-hydrogen) atoms. The summed E-state index contributed by atoms with van der Waals surface area (Å²) in [5.74, 6) is -0.313. The highest BCUT2D eigenvalue weighted by Crippen LogP contribution is 2.17. The molecule has 6 nitrogen and oxygen atoms in total. The van der Waals surface area contributed by atoms with Crippen LogP contribution in [0.25, 0.3) is 0 Å². The molecule has 1 aliphatic rings. The number of hydrogen-bond donors (Lipinski definition) is 1. The number of nitrogens with zero attached hydrogens (tertiary/aromatic N) is 1. The lowest BCUT2D eigenvalue weighted by Crippen LogP contribution is -2.48. The Labute approximate surface area is 120 Å². The van der Waals surface area contributed by atoms with Crippen LogP contribution in [0, 0.1) is 0 Å². The first-order chi connectivity index (χ1) is 9.33. The van der Waals surface area contributed by atoms with E-state index < -0.39 is 5.60 Å². The third-order valence-corrected chi connectivity index (χ3v) is 3.16. The summed E-state index contributed by atoms with van der Waals surface area (Å²) in [6, 6.07) is 0.121. The Bertz CT molecular complexity index is 333. The number of amides is 1. The van der Waals surface area contributed by atoms with Crippen LogP contribution < -0.4 is 5.32 Å². The number of carbonyl (C=O) groups excluding carboxylic acids is 2.